The minimum Gasteiger partial charge on any atom is -0.378 e. The van der Waals surface area contributed by atoms with E-state index in [0.29, 0.717) is 13.2 Å². The number of hydrogen-bond donors (Lipinski definition) is 1. The van der Waals surface area contributed by atoms with Crippen molar-refractivity contribution in [3.63, 3.8) is 0 Å². The van der Waals surface area contributed by atoms with Gasteiger partial charge in [0.25, 0.3) is 0 Å². The lowest BCUT2D eigenvalue weighted by Gasteiger charge is -2.34. The van der Waals surface area contributed by atoms with Gasteiger partial charge >= 0.3 is 5.69 Å². The molecule has 1 aromatic heterocycles. The van der Waals surface area contributed by atoms with E-state index in [0.717, 1.165) is 19.0 Å². The van der Waals surface area contributed by atoms with Gasteiger partial charge in [-0.3, -0.25) is 15.5 Å². The molecule has 0 spiro atoms. The topological polar surface area (TPSA) is 93.4 Å². The van der Waals surface area contributed by atoms with Crippen LogP contribution < -0.4 is 5.43 Å². The van der Waals surface area contributed by atoms with E-state index in [4.69, 9.17) is 16.3 Å². The first-order valence-electron chi connectivity index (χ1n) is 5.95. The Hall–Kier alpha value is -1.51. The van der Waals surface area contributed by atoms with Crippen LogP contribution in [0.3, 0.4) is 0 Å². The van der Waals surface area contributed by atoms with Crippen LogP contribution in [-0.2, 0) is 4.74 Å². The minimum absolute atomic E-state index is 0.0197. The predicted molar refractivity (Wildman–Crippen MR) is 66.8 cm³/mol. The van der Waals surface area contributed by atoms with Crippen molar-refractivity contribution < 1.29 is 9.66 Å². The molecule has 1 aromatic rings. The summed E-state index contributed by atoms with van der Waals surface area (Å²) in [6, 6.07) is 0.430. The van der Waals surface area contributed by atoms with Gasteiger partial charge in [-0.25, -0.2) is 9.99 Å². The summed E-state index contributed by atoms with van der Waals surface area (Å²) in [6.45, 7) is 1.24. The van der Waals surface area contributed by atoms with Crippen molar-refractivity contribution in [2.75, 3.05) is 18.6 Å². The number of aromatic nitrogens is 2. The van der Waals surface area contributed by atoms with Gasteiger partial charge in [0.2, 0.25) is 11.1 Å². The summed E-state index contributed by atoms with van der Waals surface area (Å²) in [5.74, 6) is 0.129. The molecule has 9 heteroatoms. The van der Waals surface area contributed by atoms with Crippen LogP contribution in [0.2, 0.25) is 5.28 Å². The van der Waals surface area contributed by atoms with Gasteiger partial charge in [-0.2, -0.15) is 4.98 Å². The molecule has 2 fully saturated rings. The zero-order valence-electron chi connectivity index (χ0n) is 9.95. The van der Waals surface area contributed by atoms with Crippen LogP contribution in [0.25, 0.3) is 0 Å². The Morgan fingerprint density at radius 3 is 2.79 bits per heavy atom. The number of halogens is 1. The van der Waals surface area contributed by atoms with Gasteiger partial charge < -0.3 is 4.74 Å². The van der Waals surface area contributed by atoms with Crippen LogP contribution in [0.1, 0.15) is 12.8 Å². The molecule has 8 nitrogen and oxygen atoms in total. The molecule has 2 aliphatic rings. The van der Waals surface area contributed by atoms with Crippen molar-refractivity contribution in [3.8, 4) is 0 Å². The molecular weight excluding hydrogens is 274 g/mol. The summed E-state index contributed by atoms with van der Waals surface area (Å²) in [7, 11) is 0. The summed E-state index contributed by atoms with van der Waals surface area (Å²) >= 11 is 5.70. The highest BCUT2D eigenvalue weighted by Crippen LogP contribution is 2.31. The lowest BCUT2D eigenvalue weighted by molar-refractivity contribution is -0.384. The van der Waals surface area contributed by atoms with Gasteiger partial charge in [-0.1, -0.05) is 0 Å². The number of rotatable bonds is 3. The highest BCUT2D eigenvalue weighted by molar-refractivity contribution is 6.28. The molecule has 0 aliphatic carbocycles. The van der Waals surface area contributed by atoms with Gasteiger partial charge in [-0.05, 0) is 24.4 Å². The fraction of sp³-hybridized carbons (Fsp3) is 0.600. The van der Waals surface area contributed by atoms with E-state index in [1.165, 1.54) is 0 Å². The predicted octanol–water partition coefficient (Wildman–Crippen LogP) is 1.23. The van der Waals surface area contributed by atoms with Crippen molar-refractivity contribution in [2.45, 2.75) is 24.9 Å². The average Bonchev–Trinajstić information content (AvgIpc) is 2.61. The second-order valence-electron chi connectivity index (χ2n) is 4.57. The van der Waals surface area contributed by atoms with Crippen molar-refractivity contribution in [1.29, 1.82) is 0 Å². The molecule has 2 bridgehead atoms. The Morgan fingerprint density at radius 1 is 1.47 bits per heavy atom. The molecular formula is C10H12ClN5O3. The third-order valence-electron chi connectivity index (χ3n) is 3.41. The maximum Gasteiger partial charge on any atom is 0.330 e. The molecule has 2 atom stereocenters. The van der Waals surface area contributed by atoms with E-state index < -0.39 is 4.92 Å². The molecule has 0 radical (unpaired) electrons. The first kappa shape index (κ1) is 12.5. The highest BCUT2D eigenvalue weighted by atomic mass is 35.5. The van der Waals surface area contributed by atoms with Gasteiger partial charge in [0.15, 0.2) is 0 Å². The van der Waals surface area contributed by atoms with Gasteiger partial charge in [0.1, 0.15) is 6.20 Å². The highest BCUT2D eigenvalue weighted by Gasteiger charge is 2.38. The van der Waals surface area contributed by atoms with Crippen LogP contribution in [0.15, 0.2) is 6.20 Å². The zero-order valence-corrected chi connectivity index (χ0v) is 10.7. The Bertz CT molecular complexity index is 498. The number of ether oxygens (including phenoxy) is 1. The lowest BCUT2D eigenvalue weighted by atomic mass is 10.2. The van der Waals surface area contributed by atoms with E-state index in [1.807, 2.05) is 5.01 Å². The first-order valence-corrected chi connectivity index (χ1v) is 6.32. The molecule has 2 unspecified atom stereocenters. The number of nitrogens with zero attached hydrogens (tertiary/aromatic N) is 4. The Kier molecular flexibility index (Phi) is 3.21. The summed E-state index contributed by atoms with van der Waals surface area (Å²) in [5, 5.41) is 12.9. The third-order valence-corrected chi connectivity index (χ3v) is 3.59. The van der Waals surface area contributed by atoms with Crippen molar-refractivity contribution in [2.24, 2.45) is 0 Å². The second-order valence-corrected chi connectivity index (χ2v) is 4.91. The number of anilines is 1. The van der Waals surface area contributed by atoms with E-state index >= 15 is 0 Å². The number of hydrazine groups is 1. The molecule has 2 saturated heterocycles. The maximum absolute atomic E-state index is 11.0. The first-order chi connectivity index (χ1) is 9.15. The number of hydrogen-bond acceptors (Lipinski definition) is 7. The SMILES string of the molecule is O=[N+]([O-])c1cnc(Cl)nc1NN1C2CCC1COC2. The fourth-order valence-corrected chi connectivity index (χ4v) is 2.64. The molecule has 0 amide bonds. The summed E-state index contributed by atoms with van der Waals surface area (Å²) in [6.07, 6.45) is 3.12. The number of morpholine rings is 1. The molecule has 3 rings (SSSR count). The molecule has 19 heavy (non-hydrogen) atoms. The summed E-state index contributed by atoms with van der Waals surface area (Å²) < 4.78 is 5.45. The molecule has 1 N–H and O–H groups in total. The lowest BCUT2D eigenvalue weighted by Crippen LogP contribution is -2.49. The Labute approximate surface area is 113 Å². The fourth-order valence-electron chi connectivity index (χ4n) is 2.50. The van der Waals surface area contributed by atoms with E-state index in [2.05, 4.69) is 15.4 Å². The van der Waals surface area contributed by atoms with Crippen LogP contribution in [0, 0.1) is 10.1 Å². The Balaban J connectivity index is 1.86. The molecule has 102 valence electrons. The third kappa shape index (κ3) is 2.34. The summed E-state index contributed by atoms with van der Waals surface area (Å²) in [5.41, 5.74) is 2.82. The van der Waals surface area contributed by atoms with Gasteiger partial charge in [-0.15, -0.1) is 0 Å². The van der Waals surface area contributed by atoms with Crippen molar-refractivity contribution >= 4 is 23.1 Å². The second kappa shape index (κ2) is 4.87. The van der Waals surface area contributed by atoms with Crippen LogP contribution in [-0.4, -0.2) is 45.2 Å². The van der Waals surface area contributed by atoms with Gasteiger partial charge in [0, 0.05) is 0 Å². The molecule has 0 saturated carbocycles. The summed E-state index contributed by atoms with van der Waals surface area (Å²) in [4.78, 5) is 18.0. The number of nitro groups is 1. The quantitative estimate of drug-likeness (QED) is 0.507. The molecule has 2 aliphatic heterocycles. The normalized spacial score (nSPS) is 26.4. The minimum atomic E-state index is -0.527. The monoisotopic (exact) mass is 285 g/mol. The van der Waals surface area contributed by atoms with E-state index in [9.17, 15) is 10.1 Å². The van der Waals surface area contributed by atoms with Crippen LogP contribution in [0.4, 0.5) is 11.5 Å². The van der Waals surface area contributed by atoms with Crippen LogP contribution in [0.5, 0.6) is 0 Å². The maximum atomic E-state index is 11.0. The smallest absolute Gasteiger partial charge is 0.330 e. The van der Waals surface area contributed by atoms with E-state index in [1.54, 1.807) is 0 Å². The van der Waals surface area contributed by atoms with E-state index in [-0.39, 0.29) is 28.9 Å². The van der Waals surface area contributed by atoms with Gasteiger partial charge in [0.05, 0.1) is 30.2 Å². The largest absolute Gasteiger partial charge is 0.378 e. The average molecular weight is 286 g/mol. The zero-order chi connectivity index (χ0) is 13.4. The number of nitrogens with one attached hydrogen (secondary N) is 1. The van der Waals surface area contributed by atoms with Crippen molar-refractivity contribution in [3.05, 3.63) is 21.6 Å². The Morgan fingerprint density at radius 2 is 2.16 bits per heavy atom. The van der Waals surface area contributed by atoms with Crippen LogP contribution >= 0.6 is 11.6 Å². The number of fused-ring (bicyclic) bond motifs is 2. The molecule has 3 heterocycles. The van der Waals surface area contributed by atoms with Crippen molar-refractivity contribution in [1.82, 2.24) is 15.0 Å². The standard InChI is InChI=1S/C10H12ClN5O3/c11-10-12-3-8(16(17)18)9(13-10)14-15-6-1-2-7(15)5-19-4-6/h3,6-7H,1-2,4-5H2,(H,12,13,14). The molecule has 0 aromatic carbocycles.